The van der Waals surface area contributed by atoms with Crippen LogP contribution in [-0.4, -0.2) is 9.91 Å². The van der Waals surface area contributed by atoms with Crippen molar-refractivity contribution in [3.8, 4) is 0 Å². The fourth-order valence-electron chi connectivity index (χ4n) is 2.03. The molecule has 0 aliphatic heterocycles. The van der Waals surface area contributed by atoms with Gasteiger partial charge in [-0.3, -0.25) is 10.1 Å². The predicted octanol–water partition coefficient (Wildman–Crippen LogP) is 4.49. The van der Waals surface area contributed by atoms with Crippen LogP contribution in [0.1, 0.15) is 28.5 Å². The monoisotopic (exact) mass is 311 g/mol. The quantitative estimate of drug-likeness (QED) is 0.667. The summed E-state index contributed by atoms with van der Waals surface area (Å²) >= 11 is 7.50. The largest absolute Gasteiger partial charge is 0.372 e. The smallest absolute Gasteiger partial charge is 0.292 e. The maximum absolute atomic E-state index is 11.0. The second-order valence-electron chi connectivity index (χ2n) is 4.47. The van der Waals surface area contributed by atoms with E-state index in [1.54, 1.807) is 17.4 Å². The molecular formula is C13H14ClN3O2S. The van der Waals surface area contributed by atoms with E-state index in [4.69, 9.17) is 11.6 Å². The maximum Gasteiger partial charge on any atom is 0.292 e. The summed E-state index contributed by atoms with van der Waals surface area (Å²) in [5.74, 6) is 0. The average Bonchev–Trinajstić information content (AvgIpc) is 2.68. The molecule has 20 heavy (non-hydrogen) atoms. The first-order valence-corrected chi connectivity index (χ1v) is 7.22. The number of nitrogens with zero attached hydrogens (tertiary/aromatic N) is 2. The predicted molar refractivity (Wildman–Crippen MR) is 81.7 cm³/mol. The number of nitro groups is 1. The minimum Gasteiger partial charge on any atom is -0.372 e. The molecule has 7 heteroatoms. The summed E-state index contributed by atoms with van der Waals surface area (Å²) < 4.78 is 0. The van der Waals surface area contributed by atoms with Crippen LogP contribution in [0.5, 0.6) is 0 Å². The van der Waals surface area contributed by atoms with Crippen molar-refractivity contribution in [3.05, 3.63) is 48.9 Å². The van der Waals surface area contributed by atoms with Gasteiger partial charge in [-0.25, -0.2) is 4.98 Å². The molecule has 2 rings (SSSR count). The number of aromatic nitrogens is 1. The molecule has 0 fully saturated rings. The minimum absolute atomic E-state index is 0.0140. The van der Waals surface area contributed by atoms with Crippen LogP contribution in [0, 0.1) is 24.0 Å². The normalized spacial score (nSPS) is 12.2. The van der Waals surface area contributed by atoms with Gasteiger partial charge in [0, 0.05) is 16.0 Å². The molecule has 0 aliphatic rings. The Morgan fingerprint density at radius 1 is 1.45 bits per heavy atom. The van der Waals surface area contributed by atoms with Crippen molar-refractivity contribution in [3.63, 3.8) is 0 Å². The second-order valence-corrected chi connectivity index (χ2v) is 6.14. The number of thiazole rings is 1. The van der Waals surface area contributed by atoms with Gasteiger partial charge in [0.05, 0.1) is 21.7 Å². The van der Waals surface area contributed by atoms with Gasteiger partial charge in [-0.05, 0) is 32.9 Å². The van der Waals surface area contributed by atoms with E-state index in [2.05, 4.69) is 10.3 Å². The first-order chi connectivity index (χ1) is 9.38. The van der Waals surface area contributed by atoms with Gasteiger partial charge < -0.3 is 5.32 Å². The summed E-state index contributed by atoms with van der Waals surface area (Å²) in [5, 5.41) is 15.6. The van der Waals surface area contributed by atoms with Crippen LogP contribution in [0.15, 0.2) is 18.2 Å². The van der Waals surface area contributed by atoms with Crippen LogP contribution in [0.2, 0.25) is 5.02 Å². The molecule has 106 valence electrons. The van der Waals surface area contributed by atoms with Crippen molar-refractivity contribution >= 4 is 34.3 Å². The summed E-state index contributed by atoms with van der Waals surface area (Å²) in [5.41, 5.74) is 1.37. The molecule has 1 N–H and O–H groups in total. The summed E-state index contributed by atoms with van der Waals surface area (Å²) in [4.78, 5) is 16.0. The Balaban J connectivity index is 2.32. The molecule has 1 aromatic heterocycles. The lowest BCUT2D eigenvalue weighted by molar-refractivity contribution is -0.384. The Bertz CT molecular complexity index is 657. The first kappa shape index (κ1) is 14.7. The lowest BCUT2D eigenvalue weighted by Gasteiger charge is -2.14. The van der Waals surface area contributed by atoms with Gasteiger partial charge in [0.1, 0.15) is 5.69 Å². The number of halogens is 1. The molecule has 0 bridgehead atoms. The Morgan fingerprint density at radius 3 is 2.70 bits per heavy atom. The fraction of sp³-hybridized carbons (Fsp3) is 0.308. The topological polar surface area (TPSA) is 68.1 Å². The van der Waals surface area contributed by atoms with Crippen molar-refractivity contribution in [1.82, 2.24) is 4.98 Å². The molecule has 0 saturated heterocycles. The van der Waals surface area contributed by atoms with E-state index in [0.29, 0.717) is 10.7 Å². The Hall–Kier alpha value is -1.66. The van der Waals surface area contributed by atoms with Gasteiger partial charge in [0.15, 0.2) is 0 Å². The van der Waals surface area contributed by atoms with Gasteiger partial charge in [-0.15, -0.1) is 11.3 Å². The van der Waals surface area contributed by atoms with Gasteiger partial charge in [0.25, 0.3) is 5.69 Å². The number of anilines is 1. The standard InChI is InChI=1S/C13H14ClN3O2S/c1-7-13(20-9(3)15-7)8(2)16-11-6-10(14)4-5-12(11)17(18)19/h4-6,8,16H,1-3H3. The van der Waals surface area contributed by atoms with Crippen molar-refractivity contribution in [2.24, 2.45) is 0 Å². The fourth-order valence-corrected chi connectivity index (χ4v) is 3.13. The van der Waals surface area contributed by atoms with Crippen LogP contribution < -0.4 is 5.32 Å². The van der Waals surface area contributed by atoms with Crippen LogP contribution in [0.4, 0.5) is 11.4 Å². The Morgan fingerprint density at radius 2 is 2.15 bits per heavy atom. The van der Waals surface area contributed by atoms with Crippen molar-refractivity contribution in [1.29, 1.82) is 0 Å². The summed E-state index contributed by atoms with van der Waals surface area (Å²) in [7, 11) is 0. The molecule has 1 heterocycles. The molecule has 0 saturated carbocycles. The molecule has 0 radical (unpaired) electrons. The van der Waals surface area contributed by atoms with Gasteiger partial charge in [0.2, 0.25) is 0 Å². The Kier molecular flexibility index (Phi) is 4.25. The number of rotatable bonds is 4. The average molecular weight is 312 g/mol. The number of aryl methyl sites for hydroxylation is 2. The third-order valence-corrected chi connectivity index (χ3v) is 4.35. The summed E-state index contributed by atoms with van der Waals surface area (Å²) in [6.07, 6.45) is 0. The van der Waals surface area contributed by atoms with Crippen LogP contribution in [0.3, 0.4) is 0 Å². The van der Waals surface area contributed by atoms with Gasteiger partial charge in [-0.1, -0.05) is 11.6 Å². The minimum atomic E-state index is -0.420. The molecule has 5 nitrogen and oxygen atoms in total. The molecule has 1 aromatic carbocycles. The number of hydrogen-bond acceptors (Lipinski definition) is 5. The molecule has 2 aromatic rings. The van der Waals surface area contributed by atoms with Crippen LogP contribution in [0.25, 0.3) is 0 Å². The van der Waals surface area contributed by atoms with Gasteiger partial charge >= 0.3 is 0 Å². The summed E-state index contributed by atoms with van der Waals surface area (Å²) in [6.45, 7) is 5.82. The van der Waals surface area contributed by atoms with E-state index in [1.165, 1.54) is 12.1 Å². The highest BCUT2D eigenvalue weighted by molar-refractivity contribution is 7.11. The third-order valence-electron chi connectivity index (χ3n) is 2.86. The number of nitro benzene ring substituents is 1. The van der Waals surface area contributed by atoms with E-state index >= 15 is 0 Å². The van der Waals surface area contributed by atoms with Crippen molar-refractivity contribution in [2.75, 3.05) is 5.32 Å². The zero-order chi connectivity index (χ0) is 14.9. The zero-order valence-corrected chi connectivity index (χ0v) is 12.9. The second kappa shape index (κ2) is 5.76. The summed E-state index contributed by atoms with van der Waals surface area (Å²) in [6, 6.07) is 4.41. The highest BCUT2D eigenvalue weighted by Gasteiger charge is 2.19. The van der Waals surface area contributed by atoms with Crippen molar-refractivity contribution in [2.45, 2.75) is 26.8 Å². The van der Waals surface area contributed by atoms with Crippen molar-refractivity contribution < 1.29 is 4.92 Å². The Labute approximate surface area is 125 Å². The molecule has 0 aliphatic carbocycles. The lowest BCUT2D eigenvalue weighted by Crippen LogP contribution is -2.08. The molecule has 0 amide bonds. The van der Waals surface area contributed by atoms with E-state index in [9.17, 15) is 10.1 Å². The highest BCUT2D eigenvalue weighted by Crippen LogP contribution is 2.33. The molecular weight excluding hydrogens is 298 g/mol. The van der Waals surface area contributed by atoms with E-state index in [1.807, 2.05) is 20.8 Å². The third kappa shape index (κ3) is 3.08. The number of hydrogen-bond donors (Lipinski definition) is 1. The van der Waals surface area contributed by atoms with Crippen LogP contribution >= 0.6 is 22.9 Å². The first-order valence-electron chi connectivity index (χ1n) is 6.03. The zero-order valence-electron chi connectivity index (χ0n) is 11.3. The number of benzene rings is 1. The lowest BCUT2D eigenvalue weighted by atomic mass is 10.2. The van der Waals surface area contributed by atoms with E-state index in [-0.39, 0.29) is 11.7 Å². The van der Waals surface area contributed by atoms with Gasteiger partial charge in [-0.2, -0.15) is 0 Å². The molecule has 1 unspecified atom stereocenters. The van der Waals surface area contributed by atoms with Crippen LogP contribution in [-0.2, 0) is 0 Å². The van der Waals surface area contributed by atoms with E-state index in [0.717, 1.165) is 15.6 Å². The van der Waals surface area contributed by atoms with E-state index < -0.39 is 4.92 Å². The molecule has 0 spiro atoms. The number of nitrogens with one attached hydrogen (secondary N) is 1. The maximum atomic E-state index is 11.0. The highest BCUT2D eigenvalue weighted by atomic mass is 35.5. The molecule has 1 atom stereocenters. The SMILES string of the molecule is Cc1nc(C)c(C(C)Nc2cc(Cl)ccc2[N+](=O)[O-])s1.